The van der Waals surface area contributed by atoms with Crippen molar-refractivity contribution in [2.75, 3.05) is 12.0 Å². The Labute approximate surface area is 182 Å². The number of hydrogen-bond acceptors (Lipinski definition) is 8. The number of hydrazone groups is 1. The van der Waals surface area contributed by atoms with E-state index in [1.54, 1.807) is 12.1 Å². The Morgan fingerprint density at radius 2 is 1.63 bits per heavy atom. The third-order valence-corrected chi connectivity index (χ3v) is 5.04. The lowest BCUT2D eigenvalue weighted by Gasteiger charge is -2.18. The van der Waals surface area contributed by atoms with E-state index < -0.39 is 24.9 Å². The fourth-order valence-electron chi connectivity index (χ4n) is 2.69. The Bertz CT molecular complexity index is 1040. The summed E-state index contributed by atoms with van der Waals surface area (Å²) < 4.78 is 0. The first kappa shape index (κ1) is 22.4. The first-order valence-corrected chi connectivity index (χ1v) is 9.78. The van der Waals surface area contributed by atoms with E-state index >= 15 is 0 Å². The summed E-state index contributed by atoms with van der Waals surface area (Å²) in [5.74, 6) is 0.324. The van der Waals surface area contributed by atoms with Crippen LogP contribution in [0.5, 0.6) is 0 Å². The number of hydrogen-bond donors (Lipinski definition) is 5. The van der Waals surface area contributed by atoms with Crippen LogP contribution in [0.4, 0.5) is 5.82 Å². The topological polar surface area (TPSA) is 131 Å². The summed E-state index contributed by atoms with van der Waals surface area (Å²) >= 11 is 12.2. The lowest BCUT2D eigenvalue weighted by atomic mass is 10.1. The van der Waals surface area contributed by atoms with E-state index in [4.69, 9.17) is 28.3 Å². The Morgan fingerprint density at radius 1 is 1.00 bits per heavy atom. The minimum Gasteiger partial charge on any atom is -0.394 e. The highest BCUT2D eigenvalue weighted by molar-refractivity contribution is 6.42. The van der Waals surface area contributed by atoms with Gasteiger partial charge in [0.25, 0.3) is 0 Å². The summed E-state index contributed by atoms with van der Waals surface area (Å²) in [6.07, 6.45) is -3.13. The number of nitrogens with zero attached hydrogens (tertiary/aromatic N) is 3. The molecule has 0 aliphatic carbocycles. The molecule has 0 fully saturated rings. The zero-order chi connectivity index (χ0) is 21.7. The fraction of sp³-hybridized carbons (Fsp3) is 0.250. The van der Waals surface area contributed by atoms with Gasteiger partial charge < -0.3 is 20.4 Å². The van der Waals surface area contributed by atoms with E-state index in [9.17, 15) is 15.3 Å². The maximum absolute atomic E-state index is 9.86. The molecule has 8 nitrogen and oxygen atoms in total. The minimum absolute atomic E-state index is 0.324. The number of anilines is 1. The molecule has 2 aromatic carbocycles. The van der Waals surface area contributed by atoms with Crippen molar-refractivity contribution in [2.45, 2.75) is 24.7 Å². The van der Waals surface area contributed by atoms with Crippen molar-refractivity contribution in [2.24, 2.45) is 5.10 Å². The molecule has 0 radical (unpaired) electrons. The molecule has 158 valence electrons. The molecule has 10 heteroatoms. The number of rotatable bonds is 8. The van der Waals surface area contributed by atoms with Crippen LogP contribution in [0.1, 0.15) is 11.3 Å². The van der Waals surface area contributed by atoms with Crippen LogP contribution in [0, 0.1) is 0 Å². The van der Waals surface area contributed by atoms with Crippen LogP contribution in [0.25, 0.3) is 11.0 Å². The average molecular weight is 451 g/mol. The van der Waals surface area contributed by atoms with Crippen LogP contribution >= 0.6 is 23.2 Å². The highest BCUT2D eigenvalue weighted by Crippen LogP contribution is 2.28. The first-order chi connectivity index (χ1) is 14.4. The van der Waals surface area contributed by atoms with Gasteiger partial charge in [0.05, 0.1) is 39.6 Å². The molecule has 3 atom stereocenters. The van der Waals surface area contributed by atoms with Gasteiger partial charge in [0.15, 0.2) is 5.82 Å². The maximum Gasteiger partial charge on any atom is 0.169 e. The highest BCUT2D eigenvalue weighted by Gasteiger charge is 2.22. The molecule has 0 spiro atoms. The number of aromatic nitrogens is 2. The lowest BCUT2D eigenvalue weighted by Crippen LogP contribution is -2.40. The van der Waals surface area contributed by atoms with E-state index in [1.807, 2.05) is 30.3 Å². The van der Waals surface area contributed by atoms with Crippen molar-refractivity contribution in [3.05, 3.63) is 63.8 Å². The molecule has 0 amide bonds. The Hall–Kier alpha value is -2.33. The van der Waals surface area contributed by atoms with Crippen LogP contribution in [0.15, 0.2) is 47.6 Å². The van der Waals surface area contributed by atoms with Gasteiger partial charge in [-0.05, 0) is 17.7 Å². The second-order valence-corrected chi connectivity index (χ2v) is 7.37. The monoisotopic (exact) mass is 450 g/mol. The lowest BCUT2D eigenvalue weighted by molar-refractivity contribution is -0.0541. The minimum atomic E-state index is -1.59. The number of aliphatic hydroxyl groups excluding tert-OH is 4. The molecule has 0 aliphatic rings. The van der Waals surface area contributed by atoms with Gasteiger partial charge in [-0.3, -0.25) is 5.43 Å². The van der Waals surface area contributed by atoms with Crippen molar-refractivity contribution < 1.29 is 20.4 Å². The molecule has 1 heterocycles. The van der Waals surface area contributed by atoms with Gasteiger partial charge in [-0.15, -0.1) is 0 Å². The maximum atomic E-state index is 9.86. The molecular formula is C20H20Cl2N4O4. The molecule has 3 aromatic rings. The summed E-state index contributed by atoms with van der Waals surface area (Å²) in [5, 5.41) is 42.4. The van der Waals surface area contributed by atoms with Gasteiger partial charge in [0, 0.05) is 6.42 Å². The molecule has 3 rings (SSSR count). The predicted molar refractivity (Wildman–Crippen MR) is 116 cm³/mol. The number of nitrogens with one attached hydrogen (secondary N) is 1. The zero-order valence-electron chi connectivity index (χ0n) is 15.7. The Balaban J connectivity index is 1.91. The molecular weight excluding hydrogens is 431 g/mol. The summed E-state index contributed by atoms with van der Waals surface area (Å²) in [5.41, 5.74) is 5.34. The molecule has 0 saturated carbocycles. The van der Waals surface area contributed by atoms with Gasteiger partial charge in [-0.2, -0.15) is 5.10 Å². The fourth-order valence-corrected chi connectivity index (χ4v) is 3.00. The van der Waals surface area contributed by atoms with Crippen LogP contribution in [-0.4, -0.2) is 61.5 Å². The summed E-state index contributed by atoms with van der Waals surface area (Å²) in [6, 6.07) is 12.8. The number of halogens is 2. The summed E-state index contributed by atoms with van der Waals surface area (Å²) in [6.45, 7) is -0.694. The van der Waals surface area contributed by atoms with E-state index in [0.29, 0.717) is 39.0 Å². The van der Waals surface area contributed by atoms with Crippen LogP contribution in [0.3, 0.4) is 0 Å². The second-order valence-electron chi connectivity index (χ2n) is 6.56. The molecule has 0 unspecified atom stereocenters. The van der Waals surface area contributed by atoms with E-state index in [-0.39, 0.29) is 0 Å². The van der Waals surface area contributed by atoms with Gasteiger partial charge in [0.2, 0.25) is 0 Å². The highest BCUT2D eigenvalue weighted by atomic mass is 35.5. The van der Waals surface area contributed by atoms with Gasteiger partial charge in [0.1, 0.15) is 18.3 Å². The van der Waals surface area contributed by atoms with E-state index in [1.165, 1.54) is 0 Å². The van der Waals surface area contributed by atoms with Gasteiger partial charge in [-0.25, -0.2) is 9.97 Å². The van der Waals surface area contributed by atoms with Crippen molar-refractivity contribution in [1.29, 1.82) is 0 Å². The normalized spacial score (nSPS) is 14.7. The summed E-state index contributed by atoms with van der Waals surface area (Å²) in [7, 11) is 0. The van der Waals surface area contributed by atoms with Crippen molar-refractivity contribution in [1.82, 2.24) is 9.97 Å². The number of benzene rings is 2. The number of fused-ring (bicyclic) bond motifs is 1. The number of aliphatic hydroxyl groups is 4. The smallest absolute Gasteiger partial charge is 0.169 e. The Kier molecular flexibility index (Phi) is 7.54. The quantitative estimate of drug-likeness (QED) is 0.262. The van der Waals surface area contributed by atoms with E-state index in [2.05, 4.69) is 20.5 Å². The van der Waals surface area contributed by atoms with Gasteiger partial charge in [-0.1, -0.05) is 53.5 Å². The van der Waals surface area contributed by atoms with Gasteiger partial charge >= 0.3 is 0 Å². The van der Waals surface area contributed by atoms with Crippen molar-refractivity contribution >= 4 is 46.3 Å². The van der Waals surface area contributed by atoms with Crippen molar-refractivity contribution in [3.63, 3.8) is 0 Å². The third kappa shape index (κ3) is 5.42. The molecule has 0 aliphatic heterocycles. The largest absolute Gasteiger partial charge is 0.394 e. The molecule has 0 saturated heterocycles. The van der Waals surface area contributed by atoms with Crippen LogP contribution in [0.2, 0.25) is 10.0 Å². The molecule has 30 heavy (non-hydrogen) atoms. The van der Waals surface area contributed by atoms with Crippen LogP contribution in [-0.2, 0) is 6.42 Å². The first-order valence-electron chi connectivity index (χ1n) is 9.03. The SMILES string of the molecule is OC[C@@H](O)[C@@H](O)[C@H](O)/C=N/Nc1nc2cc(Cl)c(Cl)cc2nc1Cc1ccccc1. The molecule has 0 bridgehead atoms. The average Bonchev–Trinajstić information content (AvgIpc) is 2.74. The van der Waals surface area contributed by atoms with Crippen molar-refractivity contribution in [3.8, 4) is 0 Å². The standard InChI is InChI=1S/C20H20Cl2N4O4/c21-12-7-14-15(8-13(12)22)25-20(16(24-14)6-11-4-2-1-3-5-11)26-23-9-17(28)19(30)18(29)10-27/h1-5,7-9,17-19,27-30H,6,10H2,(H,25,26)/b23-9+/t17-,18-,19+/m1/s1. The zero-order valence-corrected chi connectivity index (χ0v) is 17.2. The molecule has 1 aromatic heterocycles. The predicted octanol–water partition coefficient (Wildman–Crippen LogP) is 2.00. The van der Waals surface area contributed by atoms with Crippen LogP contribution < -0.4 is 5.43 Å². The summed E-state index contributed by atoms with van der Waals surface area (Å²) in [4.78, 5) is 9.12. The van der Waals surface area contributed by atoms with E-state index in [0.717, 1.165) is 11.8 Å². The Morgan fingerprint density at radius 3 is 2.27 bits per heavy atom. The third-order valence-electron chi connectivity index (χ3n) is 4.32. The molecule has 5 N–H and O–H groups in total. The second kappa shape index (κ2) is 10.1.